The van der Waals surface area contributed by atoms with E-state index < -0.39 is 12.1 Å². The second-order valence-corrected chi connectivity index (χ2v) is 5.50. The number of hydrogen-bond donors (Lipinski definition) is 1. The van der Waals surface area contributed by atoms with Gasteiger partial charge in [0.2, 0.25) is 0 Å². The molecule has 0 spiro atoms. The van der Waals surface area contributed by atoms with Crippen molar-refractivity contribution in [1.29, 1.82) is 0 Å². The molecule has 0 aromatic rings. The molecule has 0 aromatic carbocycles. The zero-order chi connectivity index (χ0) is 13.0. The van der Waals surface area contributed by atoms with Crippen molar-refractivity contribution < 1.29 is 17.9 Å². The topological polar surface area (TPSA) is 21.3 Å². The summed E-state index contributed by atoms with van der Waals surface area (Å²) in [4.78, 5) is 0. The third-order valence-corrected chi connectivity index (χ3v) is 4.05. The molecule has 0 amide bonds. The first kappa shape index (κ1) is 14.1. The highest BCUT2D eigenvalue weighted by Gasteiger charge is 2.42. The zero-order valence-electron chi connectivity index (χ0n) is 10.6. The summed E-state index contributed by atoms with van der Waals surface area (Å²) in [7, 11) is 0. The molecule has 0 aromatic heterocycles. The van der Waals surface area contributed by atoms with Crippen molar-refractivity contribution in [3.8, 4) is 0 Å². The second-order valence-electron chi connectivity index (χ2n) is 5.50. The number of alkyl halides is 3. The molecule has 0 bridgehead atoms. The molecule has 3 atom stereocenters. The Balaban J connectivity index is 1.72. The summed E-state index contributed by atoms with van der Waals surface area (Å²) in [5, 5.41) is 3.27. The molecule has 2 fully saturated rings. The smallest absolute Gasteiger partial charge is 0.377 e. The zero-order valence-corrected chi connectivity index (χ0v) is 10.6. The molecule has 1 heterocycles. The second kappa shape index (κ2) is 6.24. The van der Waals surface area contributed by atoms with Crippen LogP contribution in [0.3, 0.4) is 0 Å². The van der Waals surface area contributed by atoms with Crippen LogP contribution in [0.5, 0.6) is 0 Å². The van der Waals surface area contributed by atoms with Gasteiger partial charge in [-0.1, -0.05) is 6.42 Å². The Morgan fingerprint density at radius 1 is 1.06 bits per heavy atom. The number of ether oxygens (including phenoxy) is 1. The van der Waals surface area contributed by atoms with E-state index in [1.54, 1.807) is 0 Å². The minimum Gasteiger partial charge on any atom is -0.377 e. The van der Waals surface area contributed by atoms with Gasteiger partial charge in [-0.05, 0) is 38.5 Å². The SMILES string of the molecule is FC(F)(F)C1CCCC(NCC2CCCCO2)C1. The van der Waals surface area contributed by atoms with E-state index in [-0.39, 0.29) is 18.6 Å². The molecule has 1 saturated carbocycles. The fraction of sp³-hybridized carbons (Fsp3) is 1.00. The molecular formula is C13H22F3NO. The van der Waals surface area contributed by atoms with Crippen LogP contribution < -0.4 is 5.32 Å². The third-order valence-electron chi connectivity index (χ3n) is 4.05. The lowest BCUT2D eigenvalue weighted by atomic mass is 9.85. The Kier molecular flexibility index (Phi) is 4.90. The monoisotopic (exact) mass is 265 g/mol. The first-order valence-electron chi connectivity index (χ1n) is 6.97. The molecule has 1 aliphatic heterocycles. The molecule has 1 aliphatic carbocycles. The summed E-state index contributed by atoms with van der Waals surface area (Å²) >= 11 is 0. The number of halogens is 3. The van der Waals surface area contributed by atoms with Crippen LogP contribution in [0, 0.1) is 5.92 Å². The summed E-state index contributed by atoms with van der Waals surface area (Å²) in [6.45, 7) is 1.50. The highest BCUT2D eigenvalue weighted by atomic mass is 19.4. The largest absolute Gasteiger partial charge is 0.391 e. The quantitative estimate of drug-likeness (QED) is 0.845. The van der Waals surface area contributed by atoms with E-state index in [0.717, 1.165) is 25.9 Å². The van der Waals surface area contributed by atoms with Gasteiger partial charge in [0.1, 0.15) is 0 Å². The van der Waals surface area contributed by atoms with Crippen LogP contribution in [0.4, 0.5) is 13.2 Å². The van der Waals surface area contributed by atoms with E-state index in [1.165, 1.54) is 6.42 Å². The van der Waals surface area contributed by atoms with E-state index in [4.69, 9.17) is 4.74 Å². The van der Waals surface area contributed by atoms with Crippen LogP contribution in [0.2, 0.25) is 0 Å². The van der Waals surface area contributed by atoms with Gasteiger partial charge in [0.25, 0.3) is 0 Å². The average Bonchev–Trinajstić information content (AvgIpc) is 2.37. The van der Waals surface area contributed by atoms with Crippen LogP contribution in [-0.4, -0.2) is 31.5 Å². The van der Waals surface area contributed by atoms with Gasteiger partial charge in [-0.3, -0.25) is 0 Å². The van der Waals surface area contributed by atoms with Crippen molar-refractivity contribution in [3.05, 3.63) is 0 Å². The summed E-state index contributed by atoms with van der Waals surface area (Å²) in [5.41, 5.74) is 0. The Labute approximate surface area is 106 Å². The van der Waals surface area contributed by atoms with Crippen molar-refractivity contribution in [3.63, 3.8) is 0 Å². The van der Waals surface area contributed by atoms with Gasteiger partial charge in [0, 0.05) is 19.2 Å². The number of rotatable bonds is 3. The Morgan fingerprint density at radius 3 is 2.56 bits per heavy atom. The summed E-state index contributed by atoms with van der Waals surface area (Å²) < 4.78 is 43.5. The lowest BCUT2D eigenvalue weighted by Gasteiger charge is -2.32. The van der Waals surface area contributed by atoms with E-state index in [9.17, 15) is 13.2 Å². The minimum atomic E-state index is -4.03. The van der Waals surface area contributed by atoms with Crippen molar-refractivity contribution in [2.75, 3.05) is 13.2 Å². The highest BCUT2D eigenvalue weighted by Crippen LogP contribution is 2.37. The van der Waals surface area contributed by atoms with Crippen LogP contribution in [0.1, 0.15) is 44.9 Å². The number of nitrogens with one attached hydrogen (secondary N) is 1. The normalized spacial score (nSPS) is 34.5. The van der Waals surface area contributed by atoms with Gasteiger partial charge in [0.05, 0.1) is 12.0 Å². The van der Waals surface area contributed by atoms with Crippen LogP contribution >= 0.6 is 0 Å². The third kappa shape index (κ3) is 4.12. The standard InChI is InChI=1S/C13H22F3NO/c14-13(15,16)10-4-3-5-11(8-10)17-9-12-6-1-2-7-18-12/h10-12,17H,1-9H2. The molecule has 2 nitrogen and oxygen atoms in total. The molecule has 18 heavy (non-hydrogen) atoms. The molecule has 3 unspecified atom stereocenters. The van der Waals surface area contributed by atoms with Crippen LogP contribution in [-0.2, 0) is 4.74 Å². The minimum absolute atomic E-state index is 0.0101. The summed E-state index contributed by atoms with van der Waals surface area (Å²) in [6.07, 6.45) is 1.54. The van der Waals surface area contributed by atoms with Crippen molar-refractivity contribution in [2.24, 2.45) is 5.92 Å². The Morgan fingerprint density at radius 2 is 1.89 bits per heavy atom. The van der Waals surface area contributed by atoms with Gasteiger partial charge >= 0.3 is 6.18 Å². The van der Waals surface area contributed by atoms with Gasteiger partial charge in [0.15, 0.2) is 0 Å². The lowest BCUT2D eigenvalue weighted by molar-refractivity contribution is -0.183. The first-order valence-corrected chi connectivity index (χ1v) is 6.97. The first-order chi connectivity index (χ1) is 8.55. The molecule has 2 rings (SSSR count). The van der Waals surface area contributed by atoms with Gasteiger partial charge in [-0.15, -0.1) is 0 Å². The maximum Gasteiger partial charge on any atom is 0.391 e. The summed E-state index contributed by atoms with van der Waals surface area (Å²) in [5.74, 6) is -1.11. The predicted octanol–water partition coefficient (Wildman–Crippen LogP) is 3.27. The van der Waals surface area contributed by atoms with Gasteiger partial charge < -0.3 is 10.1 Å². The molecule has 2 aliphatic rings. The fourth-order valence-electron chi connectivity index (χ4n) is 2.94. The Hall–Kier alpha value is -0.290. The summed E-state index contributed by atoms with van der Waals surface area (Å²) in [6, 6.07) is 0.0101. The molecular weight excluding hydrogens is 243 g/mol. The van der Waals surface area contributed by atoms with Crippen LogP contribution in [0.25, 0.3) is 0 Å². The van der Waals surface area contributed by atoms with E-state index in [1.807, 2.05) is 0 Å². The van der Waals surface area contributed by atoms with Gasteiger partial charge in [-0.25, -0.2) is 0 Å². The maximum absolute atomic E-state index is 12.7. The van der Waals surface area contributed by atoms with Crippen molar-refractivity contribution in [1.82, 2.24) is 5.32 Å². The molecule has 0 radical (unpaired) electrons. The predicted molar refractivity (Wildman–Crippen MR) is 63.4 cm³/mol. The van der Waals surface area contributed by atoms with E-state index >= 15 is 0 Å². The molecule has 106 valence electrons. The molecule has 1 N–H and O–H groups in total. The van der Waals surface area contributed by atoms with Crippen molar-refractivity contribution >= 4 is 0 Å². The Bertz CT molecular complexity index is 251. The average molecular weight is 265 g/mol. The van der Waals surface area contributed by atoms with Gasteiger partial charge in [-0.2, -0.15) is 13.2 Å². The molecule has 1 saturated heterocycles. The maximum atomic E-state index is 12.7. The molecule has 5 heteroatoms. The van der Waals surface area contributed by atoms with E-state index in [2.05, 4.69) is 5.32 Å². The lowest BCUT2D eigenvalue weighted by Crippen LogP contribution is -2.42. The van der Waals surface area contributed by atoms with Crippen LogP contribution in [0.15, 0.2) is 0 Å². The fourth-order valence-corrected chi connectivity index (χ4v) is 2.94. The van der Waals surface area contributed by atoms with Crippen molar-refractivity contribution in [2.45, 2.75) is 63.3 Å². The number of hydrogen-bond acceptors (Lipinski definition) is 2. The van der Waals surface area contributed by atoms with E-state index in [0.29, 0.717) is 19.4 Å². The highest BCUT2D eigenvalue weighted by molar-refractivity contribution is 4.82.